The molecule has 0 spiro atoms. The Kier molecular flexibility index (Phi) is 6.22. The van der Waals surface area contributed by atoms with Gasteiger partial charge < -0.3 is 14.8 Å². The molecule has 0 radical (unpaired) electrons. The highest BCUT2D eigenvalue weighted by Crippen LogP contribution is 2.13. The lowest BCUT2D eigenvalue weighted by atomic mass is 10.2. The lowest BCUT2D eigenvalue weighted by Crippen LogP contribution is -2.27. The van der Waals surface area contributed by atoms with Crippen LogP contribution < -0.4 is 15.7 Å². The second kappa shape index (κ2) is 9.00. The first-order valence-electron chi connectivity index (χ1n) is 8.69. The number of fused-ring (bicyclic) bond motifs is 1. The van der Waals surface area contributed by atoms with Crippen molar-refractivity contribution < 1.29 is 14.3 Å². The van der Waals surface area contributed by atoms with Crippen molar-refractivity contribution in [2.75, 3.05) is 20.3 Å². The largest absolute Gasteiger partial charge is 0.491 e. The van der Waals surface area contributed by atoms with Crippen LogP contribution >= 0.6 is 0 Å². The number of benzene rings is 1. The number of ether oxygens (including phenoxy) is 2. The summed E-state index contributed by atoms with van der Waals surface area (Å²) in [4.78, 5) is 24.3. The van der Waals surface area contributed by atoms with Crippen molar-refractivity contribution in [1.29, 1.82) is 0 Å². The van der Waals surface area contributed by atoms with E-state index in [4.69, 9.17) is 9.47 Å². The minimum Gasteiger partial charge on any atom is -0.491 e. The number of nitrogens with one attached hydrogen (secondary N) is 1. The maximum absolute atomic E-state index is 12.2. The van der Waals surface area contributed by atoms with E-state index in [0.717, 1.165) is 11.3 Å². The fourth-order valence-electron chi connectivity index (χ4n) is 2.60. The smallest absolute Gasteiger partial charge is 0.350 e. The Morgan fingerprint density at radius 1 is 1.19 bits per heavy atom. The Bertz CT molecular complexity index is 963. The van der Waals surface area contributed by atoms with Crippen molar-refractivity contribution in [2.24, 2.45) is 0 Å². The molecule has 8 nitrogen and oxygen atoms in total. The molecule has 1 aromatic carbocycles. The number of aryl methyl sites for hydroxylation is 1. The summed E-state index contributed by atoms with van der Waals surface area (Å²) in [5.74, 6) is 0.583. The normalized spacial score (nSPS) is 10.9. The molecule has 8 heteroatoms. The van der Waals surface area contributed by atoms with E-state index in [1.807, 2.05) is 30.3 Å². The molecule has 3 aromatic rings. The number of hydrogen-bond donors (Lipinski definition) is 1. The summed E-state index contributed by atoms with van der Waals surface area (Å²) in [6.45, 7) is 1.61. The Hall–Kier alpha value is -3.13. The average Bonchev–Trinajstić information content (AvgIpc) is 3.01. The second-order valence-corrected chi connectivity index (χ2v) is 5.95. The fourth-order valence-corrected chi connectivity index (χ4v) is 2.60. The van der Waals surface area contributed by atoms with Crippen molar-refractivity contribution >= 4 is 11.6 Å². The van der Waals surface area contributed by atoms with Crippen LogP contribution in [0.1, 0.15) is 12.0 Å². The number of rotatable bonds is 9. The van der Waals surface area contributed by atoms with Gasteiger partial charge in [-0.25, -0.2) is 9.48 Å². The molecule has 0 aliphatic rings. The minimum absolute atomic E-state index is 0.148. The standard InChI is InChI=1S/C19H22N4O4/c1-26-11-12-27-16-6-4-5-15(13-16)14-20-18(24)8-10-23-19(25)22-9-3-2-7-17(22)21-23/h2-7,9,13H,8,10-12,14H2,1H3,(H,20,24). The van der Waals surface area contributed by atoms with Gasteiger partial charge in [0.1, 0.15) is 12.4 Å². The Labute approximate surface area is 156 Å². The van der Waals surface area contributed by atoms with Gasteiger partial charge in [-0.15, -0.1) is 5.10 Å². The molecule has 0 unspecified atom stereocenters. The molecule has 0 aliphatic heterocycles. The zero-order valence-electron chi connectivity index (χ0n) is 15.1. The van der Waals surface area contributed by atoms with Crippen LogP contribution in [0.25, 0.3) is 5.65 Å². The van der Waals surface area contributed by atoms with E-state index in [9.17, 15) is 9.59 Å². The van der Waals surface area contributed by atoms with Gasteiger partial charge in [0.2, 0.25) is 5.91 Å². The molecular formula is C19H22N4O4. The molecule has 0 saturated heterocycles. The SMILES string of the molecule is COCCOc1cccc(CNC(=O)CCn2nc3ccccn3c2=O)c1. The Balaban J connectivity index is 1.50. The first kappa shape index (κ1) is 18.7. The number of hydrogen-bond acceptors (Lipinski definition) is 5. The number of amides is 1. The van der Waals surface area contributed by atoms with Gasteiger partial charge >= 0.3 is 5.69 Å². The van der Waals surface area contributed by atoms with E-state index in [2.05, 4.69) is 10.4 Å². The summed E-state index contributed by atoms with van der Waals surface area (Å²) in [6.07, 6.45) is 1.83. The van der Waals surface area contributed by atoms with Crippen molar-refractivity contribution in [3.63, 3.8) is 0 Å². The molecule has 142 valence electrons. The molecule has 1 N–H and O–H groups in total. The van der Waals surface area contributed by atoms with Crippen LogP contribution in [-0.4, -0.2) is 40.4 Å². The number of pyridine rings is 1. The number of carbonyl (C=O) groups excluding carboxylic acids is 1. The van der Waals surface area contributed by atoms with Crippen LogP contribution in [0.15, 0.2) is 53.5 Å². The molecule has 1 amide bonds. The average molecular weight is 370 g/mol. The highest BCUT2D eigenvalue weighted by Gasteiger charge is 2.08. The van der Waals surface area contributed by atoms with Gasteiger partial charge in [0, 0.05) is 26.3 Å². The molecule has 2 heterocycles. The quantitative estimate of drug-likeness (QED) is 0.573. The highest BCUT2D eigenvalue weighted by molar-refractivity contribution is 5.75. The van der Waals surface area contributed by atoms with E-state index in [1.165, 1.54) is 9.08 Å². The summed E-state index contributed by atoms with van der Waals surface area (Å²) >= 11 is 0. The van der Waals surface area contributed by atoms with Crippen LogP contribution in [0.2, 0.25) is 0 Å². The lowest BCUT2D eigenvalue weighted by Gasteiger charge is -2.09. The summed E-state index contributed by atoms with van der Waals surface area (Å²) in [6, 6.07) is 12.8. The molecule has 3 rings (SSSR count). The van der Waals surface area contributed by atoms with Crippen LogP contribution in [0, 0.1) is 0 Å². The first-order chi connectivity index (χ1) is 13.2. The highest BCUT2D eigenvalue weighted by atomic mass is 16.5. The molecule has 0 bridgehead atoms. The van der Waals surface area contributed by atoms with E-state index < -0.39 is 0 Å². The molecule has 27 heavy (non-hydrogen) atoms. The molecule has 0 atom stereocenters. The van der Waals surface area contributed by atoms with Gasteiger partial charge in [0.15, 0.2) is 5.65 Å². The van der Waals surface area contributed by atoms with Gasteiger partial charge in [-0.1, -0.05) is 18.2 Å². The van der Waals surface area contributed by atoms with Gasteiger partial charge in [-0.2, -0.15) is 0 Å². The van der Waals surface area contributed by atoms with Crippen molar-refractivity contribution in [3.05, 3.63) is 64.7 Å². The van der Waals surface area contributed by atoms with Crippen LogP contribution in [0.5, 0.6) is 5.75 Å². The Morgan fingerprint density at radius 3 is 2.89 bits per heavy atom. The van der Waals surface area contributed by atoms with Gasteiger partial charge in [-0.05, 0) is 29.8 Å². The lowest BCUT2D eigenvalue weighted by molar-refractivity contribution is -0.121. The van der Waals surface area contributed by atoms with Gasteiger partial charge in [-0.3, -0.25) is 9.20 Å². The maximum Gasteiger partial charge on any atom is 0.350 e. The number of carbonyl (C=O) groups is 1. The second-order valence-electron chi connectivity index (χ2n) is 5.95. The Morgan fingerprint density at radius 2 is 2.07 bits per heavy atom. The van der Waals surface area contributed by atoms with Crippen LogP contribution in [0.4, 0.5) is 0 Å². The van der Waals surface area contributed by atoms with E-state index in [0.29, 0.717) is 25.4 Å². The maximum atomic E-state index is 12.2. The number of methoxy groups -OCH3 is 1. The first-order valence-corrected chi connectivity index (χ1v) is 8.69. The van der Waals surface area contributed by atoms with Gasteiger partial charge in [0.05, 0.1) is 13.2 Å². The summed E-state index contributed by atoms with van der Waals surface area (Å²) in [5.41, 5.74) is 1.25. The molecule has 2 aromatic heterocycles. The van der Waals surface area contributed by atoms with Gasteiger partial charge in [0.25, 0.3) is 0 Å². The van der Waals surface area contributed by atoms with E-state index in [1.54, 1.807) is 25.4 Å². The molecule has 0 saturated carbocycles. The molecular weight excluding hydrogens is 348 g/mol. The third kappa shape index (κ3) is 4.95. The number of nitrogens with zero attached hydrogens (tertiary/aromatic N) is 3. The van der Waals surface area contributed by atoms with Crippen molar-refractivity contribution in [1.82, 2.24) is 19.5 Å². The van der Waals surface area contributed by atoms with E-state index >= 15 is 0 Å². The van der Waals surface area contributed by atoms with Crippen molar-refractivity contribution in [2.45, 2.75) is 19.5 Å². The fraction of sp³-hybridized carbons (Fsp3) is 0.316. The third-order valence-corrected chi connectivity index (χ3v) is 3.98. The zero-order valence-corrected chi connectivity index (χ0v) is 15.1. The monoisotopic (exact) mass is 370 g/mol. The van der Waals surface area contributed by atoms with E-state index in [-0.39, 0.29) is 24.6 Å². The predicted octanol–water partition coefficient (Wildman–Crippen LogP) is 1.23. The summed E-state index contributed by atoms with van der Waals surface area (Å²) in [5, 5.41) is 7.06. The van der Waals surface area contributed by atoms with Crippen LogP contribution in [0.3, 0.4) is 0 Å². The zero-order chi connectivity index (χ0) is 19.1. The molecule has 0 fully saturated rings. The summed E-state index contributed by atoms with van der Waals surface area (Å²) in [7, 11) is 1.62. The van der Waals surface area contributed by atoms with Crippen LogP contribution in [-0.2, 0) is 22.6 Å². The topological polar surface area (TPSA) is 86.9 Å². The minimum atomic E-state index is -0.251. The summed E-state index contributed by atoms with van der Waals surface area (Å²) < 4.78 is 13.3. The third-order valence-electron chi connectivity index (χ3n) is 3.98. The number of aromatic nitrogens is 3. The molecule has 0 aliphatic carbocycles. The predicted molar refractivity (Wildman–Crippen MR) is 99.7 cm³/mol. The van der Waals surface area contributed by atoms with Crippen molar-refractivity contribution in [3.8, 4) is 5.75 Å².